The van der Waals surface area contributed by atoms with Gasteiger partial charge in [0.15, 0.2) is 0 Å². The van der Waals surface area contributed by atoms with Crippen LogP contribution in [0.1, 0.15) is 5.56 Å². The number of benzene rings is 1. The minimum Gasteiger partial charge on any atom is -0.497 e. The molecule has 0 heterocycles. The summed E-state index contributed by atoms with van der Waals surface area (Å²) < 4.78 is 10.4. The van der Waals surface area contributed by atoms with Crippen molar-refractivity contribution in [2.45, 2.75) is 6.54 Å². The maximum atomic E-state index is 5.66. The SMILES string of the molecule is C=C(Cl)CNCc1ccc(OC)cc1OC. The molecule has 0 unspecified atom stereocenters. The van der Waals surface area contributed by atoms with Crippen LogP contribution in [0.4, 0.5) is 0 Å². The van der Waals surface area contributed by atoms with Gasteiger partial charge in [-0.25, -0.2) is 0 Å². The Hall–Kier alpha value is -1.19. The molecular weight excluding hydrogens is 226 g/mol. The van der Waals surface area contributed by atoms with Crippen LogP contribution in [-0.4, -0.2) is 20.8 Å². The largest absolute Gasteiger partial charge is 0.497 e. The average molecular weight is 242 g/mol. The topological polar surface area (TPSA) is 30.5 Å². The van der Waals surface area contributed by atoms with Crippen molar-refractivity contribution in [1.29, 1.82) is 0 Å². The molecule has 4 heteroatoms. The predicted molar refractivity (Wildman–Crippen MR) is 66.2 cm³/mol. The number of hydrogen-bond donors (Lipinski definition) is 1. The molecule has 1 aromatic carbocycles. The average Bonchev–Trinajstić information content (AvgIpc) is 2.29. The zero-order valence-corrected chi connectivity index (χ0v) is 10.3. The Labute approximate surface area is 101 Å². The van der Waals surface area contributed by atoms with Crippen LogP contribution in [0.5, 0.6) is 11.5 Å². The molecule has 0 bridgehead atoms. The molecule has 16 heavy (non-hydrogen) atoms. The lowest BCUT2D eigenvalue weighted by Gasteiger charge is -2.10. The number of methoxy groups -OCH3 is 2. The molecule has 0 aliphatic carbocycles. The Bertz CT molecular complexity index is 366. The minimum atomic E-state index is 0.580. The van der Waals surface area contributed by atoms with Gasteiger partial charge in [-0.2, -0.15) is 0 Å². The van der Waals surface area contributed by atoms with Crippen LogP contribution in [0.3, 0.4) is 0 Å². The first-order valence-corrected chi connectivity index (χ1v) is 5.30. The van der Waals surface area contributed by atoms with Crippen LogP contribution in [0, 0.1) is 0 Å². The van der Waals surface area contributed by atoms with Crippen molar-refractivity contribution >= 4 is 11.6 Å². The van der Waals surface area contributed by atoms with Gasteiger partial charge in [0.25, 0.3) is 0 Å². The van der Waals surface area contributed by atoms with Crippen LogP contribution in [0.2, 0.25) is 0 Å². The van der Waals surface area contributed by atoms with Gasteiger partial charge in [-0.15, -0.1) is 0 Å². The van der Waals surface area contributed by atoms with Crippen molar-refractivity contribution in [2.75, 3.05) is 20.8 Å². The van der Waals surface area contributed by atoms with Gasteiger partial charge in [-0.3, -0.25) is 0 Å². The van der Waals surface area contributed by atoms with E-state index in [4.69, 9.17) is 21.1 Å². The molecule has 0 saturated heterocycles. The third-order valence-corrected chi connectivity index (χ3v) is 2.26. The molecule has 0 fully saturated rings. The molecule has 1 N–H and O–H groups in total. The van der Waals surface area contributed by atoms with Crippen molar-refractivity contribution < 1.29 is 9.47 Å². The van der Waals surface area contributed by atoms with E-state index in [0.29, 0.717) is 18.1 Å². The lowest BCUT2D eigenvalue weighted by molar-refractivity contribution is 0.390. The second-order valence-electron chi connectivity index (χ2n) is 3.30. The Kier molecular flexibility index (Phi) is 5.15. The molecule has 0 saturated carbocycles. The number of ether oxygens (including phenoxy) is 2. The molecule has 1 aromatic rings. The van der Waals surface area contributed by atoms with Crippen molar-refractivity contribution in [3.8, 4) is 11.5 Å². The summed E-state index contributed by atoms with van der Waals surface area (Å²) in [6.07, 6.45) is 0. The molecule has 0 amide bonds. The summed E-state index contributed by atoms with van der Waals surface area (Å²) in [6.45, 7) is 4.87. The molecule has 0 aromatic heterocycles. The lowest BCUT2D eigenvalue weighted by atomic mass is 10.2. The first kappa shape index (κ1) is 12.9. The first-order chi connectivity index (χ1) is 7.67. The number of halogens is 1. The quantitative estimate of drug-likeness (QED) is 0.830. The summed E-state index contributed by atoms with van der Waals surface area (Å²) in [5, 5.41) is 3.75. The van der Waals surface area contributed by atoms with E-state index in [1.807, 2.05) is 18.2 Å². The van der Waals surface area contributed by atoms with E-state index in [9.17, 15) is 0 Å². The van der Waals surface area contributed by atoms with Gasteiger partial charge < -0.3 is 14.8 Å². The third kappa shape index (κ3) is 3.76. The number of rotatable bonds is 6. The number of nitrogens with one attached hydrogen (secondary N) is 1. The van der Waals surface area contributed by atoms with E-state index < -0.39 is 0 Å². The van der Waals surface area contributed by atoms with E-state index in [2.05, 4.69) is 11.9 Å². The monoisotopic (exact) mass is 241 g/mol. The van der Waals surface area contributed by atoms with Gasteiger partial charge in [0.05, 0.1) is 14.2 Å². The Morgan fingerprint density at radius 3 is 2.69 bits per heavy atom. The summed E-state index contributed by atoms with van der Waals surface area (Å²) in [5.41, 5.74) is 1.06. The molecule has 0 radical (unpaired) electrons. The fourth-order valence-corrected chi connectivity index (χ4v) is 1.43. The maximum absolute atomic E-state index is 5.66. The van der Waals surface area contributed by atoms with Crippen molar-refractivity contribution in [2.24, 2.45) is 0 Å². The highest BCUT2D eigenvalue weighted by atomic mass is 35.5. The first-order valence-electron chi connectivity index (χ1n) is 4.92. The Morgan fingerprint density at radius 1 is 1.38 bits per heavy atom. The van der Waals surface area contributed by atoms with Gasteiger partial charge in [0, 0.05) is 29.8 Å². The fraction of sp³-hybridized carbons (Fsp3) is 0.333. The molecule has 88 valence electrons. The van der Waals surface area contributed by atoms with Gasteiger partial charge >= 0.3 is 0 Å². The van der Waals surface area contributed by atoms with Crippen molar-refractivity contribution in [3.63, 3.8) is 0 Å². The molecule has 0 aliphatic heterocycles. The van der Waals surface area contributed by atoms with Gasteiger partial charge in [-0.1, -0.05) is 24.2 Å². The smallest absolute Gasteiger partial charge is 0.127 e. The molecular formula is C12H16ClNO2. The molecule has 3 nitrogen and oxygen atoms in total. The van der Waals surface area contributed by atoms with Crippen LogP contribution in [0.15, 0.2) is 29.8 Å². The Balaban J connectivity index is 2.68. The van der Waals surface area contributed by atoms with E-state index in [1.165, 1.54) is 0 Å². The van der Waals surface area contributed by atoms with E-state index in [0.717, 1.165) is 17.1 Å². The van der Waals surface area contributed by atoms with Crippen molar-refractivity contribution in [3.05, 3.63) is 35.4 Å². The summed E-state index contributed by atoms with van der Waals surface area (Å²) in [7, 11) is 3.27. The fourth-order valence-electron chi connectivity index (χ4n) is 1.33. The highest BCUT2D eigenvalue weighted by molar-refractivity contribution is 6.29. The van der Waals surface area contributed by atoms with Crippen LogP contribution in [0.25, 0.3) is 0 Å². The van der Waals surface area contributed by atoms with Crippen LogP contribution >= 0.6 is 11.6 Å². The Morgan fingerprint density at radius 2 is 2.12 bits per heavy atom. The summed E-state index contributed by atoms with van der Waals surface area (Å²) in [4.78, 5) is 0. The lowest BCUT2D eigenvalue weighted by Crippen LogP contribution is -2.15. The van der Waals surface area contributed by atoms with Gasteiger partial charge in [0.2, 0.25) is 0 Å². The van der Waals surface area contributed by atoms with Crippen LogP contribution < -0.4 is 14.8 Å². The van der Waals surface area contributed by atoms with E-state index in [-0.39, 0.29) is 0 Å². The normalized spacial score (nSPS) is 9.94. The predicted octanol–water partition coefficient (Wildman–Crippen LogP) is 2.55. The third-order valence-electron chi connectivity index (χ3n) is 2.13. The highest BCUT2D eigenvalue weighted by Crippen LogP contribution is 2.24. The molecule has 0 aliphatic rings. The molecule has 0 atom stereocenters. The highest BCUT2D eigenvalue weighted by Gasteiger charge is 2.04. The van der Waals surface area contributed by atoms with Crippen LogP contribution in [-0.2, 0) is 6.54 Å². The zero-order chi connectivity index (χ0) is 12.0. The van der Waals surface area contributed by atoms with E-state index >= 15 is 0 Å². The van der Waals surface area contributed by atoms with Gasteiger partial charge in [0.1, 0.15) is 11.5 Å². The second-order valence-corrected chi connectivity index (χ2v) is 3.83. The summed E-state index contributed by atoms with van der Waals surface area (Å²) in [5.74, 6) is 1.58. The number of hydrogen-bond acceptors (Lipinski definition) is 3. The van der Waals surface area contributed by atoms with Crippen molar-refractivity contribution in [1.82, 2.24) is 5.32 Å². The van der Waals surface area contributed by atoms with Gasteiger partial charge in [-0.05, 0) is 6.07 Å². The molecule has 0 spiro atoms. The second kappa shape index (κ2) is 6.40. The standard InChI is InChI=1S/C12H16ClNO2/c1-9(13)7-14-8-10-4-5-11(15-2)6-12(10)16-3/h4-6,14H,1,7-8H2,2-3H3. The molecule has 1 rings (SSSR count). The minimum absolute atomic E-state index is 0.580. The summed E-state index contributed by atoms with van der Waals surface area (Å²) in [6, 6.07) is 5.71. The maximum Gasteiger partial charge on any atom is 0.127 e. The summed E-state index contributed by atoms with van der Waals surface area (Å²) >= 11 is 5.66. The zero-order valence-electron chi connectivity index (χ0n) is 9.55. The van der Waals surface area contributed by atoms with E-state index in [1.54, 1.807) is 14.2 Å².